The molecule has 4 aromatic rings. The fourth-order valence-electron chi connectivity index (χ4n) is 2.85. The van der Waals surface area contributed by atoms with E-state index in [1.54, 1.807) is 0 Å². The lowest BCUT2D eigenvalue weighted by Crippen LogP contribution is -1.92. The molecule has 0 radical (unpaired) electrons. The Labute approximate surface area is 147 Å². The molecule has 0 amide bonds. The van der Waals surface area contributed by atoms with Crippen LogP contribution in [0.3, 0.4) is 0 Å². The fourth-order valence-corrected chi connectivity index (χ4v) is 2.85. The summed E-state index contributed by atoms with van der Waals surface area (Å²) < 4.78 is 0. The smallest absolute Gasteiger partial charge is 0.0702 e. The van der Waals surface area contributed by atoms with E-state index < -0.39 is 0 Å². The minimum Gasteiger partial charge on any atom is -0.256 e. The number of hydrogen-bond donors (Lipinski definition) is 0. The second-order valence-corrected chi connectivity index (χ2v) is 6.01. The molecule has 0 unspecified atom stereocenters. The van der Waals surface area contributed by atoms with Crippen molar-refractivity contribution < 1.29 is 0 Å². The van der Waals surface area contributed by atoms with Crippen molar-refractivity contribution in [3.8, 4) is 22.5 Å². The van der Waals surface area contributed by atoms with Crippen LogP contribution in [0.25, 0.3) is 22.5 Å². The van der Waals surface area contributed by atoms with Crippen LogP contribution in [0, 0.1) is 0 Å². The van der Waals surface area contributed by atoms with E-state index in [2.05, 4.69) is 58.5 Å². The summed E-state index contributed by atoms with van der Waals surface area (Å²) >= 11 is 0. The monoisotopic (exact) mass is 322 g/mol. The van der Waals surface area contributed by atoms with Crippen LogP contribution >= 0.6 is 0 Å². The molecule has 0 saturated heterocycles. The summed E-state index contributed by atoms with van der Waals surface area (Å²) in [6, 6.07) is 28.9. The first-order chi connectivity index (χ1) is 12.4. The van der Waals surface area contributed by atoms with Gasteiger partial charge in [0.2, 0.25) is 0 Å². The fraction of sp³-hybridized carbons (Fsp3) is 0.0435. The summed E-state index contributed by atoms with van der Waals surface area (Å²) in [5.41, 5.74) is 6.66. The lowest BCUT2D eigenvalue weighted by molar-refractivity contribution is 1.12. The maximum absolute atomic E-state index is 4.59. The number of aromatic nitrogens is 2. The van der Waals surface area contributed by atoms with Gasteiger partial charge in [0.15, 0.2) is 0 Å². The van der Waals surface area contributed by atoms with Crippen molar-refractivity contribution in [2.45, 2.75) is 6.42 Å². The summed E-state index contributed by atoms with van der Waals surface area (Å²) in [5, 5.41) is 0. The average molecular weight is 322 g/mol. The van der Waals surface area contributed by atoms with Gasteiger partial charge in [0.1, 0.15) is 0 Å². The summed E-state index contributed by atoms with van der Waals surface area (Å²) in [7, 11) is 0. The summed E-state index contributed by atoms with van der Waals surface area (Å²) in [6.07, 6.45) is 4.74. The second-order valence-electron chi connectivity index (χ2n) is 6.01. The van der Waals surface area contributed by atoms with Gasteiger partial charge in [0.05, 0.1) is 11.4 Å². The lowest BCUT2D eigenvalue weighted by Gasteiger charge is -2.05. The molecular weight excluding hydrogens is 304 g/mol. The number of rotatable bonds is 4. The number of benzene rings is 2. The topological polar surface area (TPSA) is 25.8 Å². The van der Waals surface area contributed by atoms with Crippen LogP contribution in [-0.2, 0) is 6.42 Å². The van der Waals surface area contributed by atoms with Gasteiger partial charge in [-0.25, -0.2) is 0 Å². The van der Waals surface area contributed by atoms with E-state index in [4.69, 9.17) is 0 Å². The molecule has 2 heteroatoms. The molecule has 0 saturated carbocycles. The van der Waals surface area contributed by atoms with Crippen molar-refractivity contribution >= 4 is 0 Å². The Balaban J connectivity index is 1.49. The first-order valence-electron chi connectivity index (χ1n) is 8.39. The number of pyridine rings is 2. The normalized spacial score (nSPS) is 10.6. The summed E-state index contributed by atoms with van der Waals surface area (Å²) in [6.45, 7) is 0. The van der Waals surface area contributed by atoms with Gasteiger partial charge in [0.25, 0.3) is 0 Å². The van der Waals surface area contributed by atoms with E-state index in [0.717, 1.165) is 28.9 Å². The first kappa shape index (κ1) is 15.3. The quantitative estimate of drug-likeness (QED) is 0.502. The highest BCUT2D eigenvalue weighted by molar-refractivity contribution is 5.59. The molecule has 0 aliphatic rings. The van der Waals surface area contributed by atoms with Crippen LogP contribution in [0.15, 0.2) is 97.3 Å². The van der Waals surface area contributed by atoms with Gasteiger partial charge in [-0.05, 0) is 23.3 Å². The molecule has 0 spiro atoms. The van der Waals surface area contributed by atoms with Crippen LogP contribution in [0.1, 0.15) is 11.1 Å². The molecule has 0 aliphatic carbocycles. The van der Waals surface area contributed by atoms with E-state index in [9.17, 15) is 0 Å². The molecule has 2 aromatic heterocycles. The van der Waals surface area contributed by atoms with Gasteiger partial charge in [-0.15, -0.1) is 0 Å². The minimum atomic E-state index is 0.837. The zero-order chi connectivity index (χ0) is 16.9. The predicted octanol–water partition coefficient (Wildman–Crippen LogP) is 5.40. The Bertz CT molecular complexity index is 848. The highest BCUT2D eigenvalue weighted by atomic mass is 14.7. The molecule has 4 rings (SSSR count). The van der Waals surface area contributed by atoms with Crippen molar-refractivity contribution in [1.29, 1.82) is 0 Å². The Kier molecular flexibility index (Phi) is 4.34. The van der Waals surface area contributed by atoms with Crippen molar-refractivity contribution in [3.63, 3.8) is 0 Å². The van der Waals surface area contributed by atoms with Crippen molar-refractivity contribution in [2.75, 3.05) is 0 Å². The Morgan fingerprint density at radius 1 is 0.480 bits per heavy atom. The van der Waals surface area contributed by atoms with Crippen molar-refractivity contribution in [2.24, 2.45) is 0 Å². The van der Waals surface area contributed by atoms with Gasteiger partial charge in [-0.2, -0.15) is 0 Å². The Morgan fingerprint density at radius 2 is 0.920 bits per heavy atom. The van der Waals surface area contributed by atoms with Gasteiger partial charge >= 0.3 is 0 Å². The maximum Gasteiger partial charge on any atom is 0.0702 e. The molecule has 25 heavy (non-hydrogen) atoms. The zero-order valence-corrected chi connectivity index (χ0v) is 13.8. The van der Waals surface area contributed by atoms with Gasteiger partial charge in [0, 0.05) is 29.9 Å². The number of nitrogens with zero attached hydrogens (tertiary/aromatic N) is 2. The number of hydrogen-bond acceptors (Lipinski definition) is 2. The van der Waals surface area contributed by atoms with Crippen molar-refractivity contribution in [3.05, 3.63) is 108 Å². The standard InChI is InChI=1S/C23H18N2/c1-3-7-20(8-4-1)22-13-11-18(16-24-22)15-19-12-14-23(25-17-19)21-9-5-2-6-10-21/h1-14,16-17H,15H2. The molecule has 120 valence electrons. The molecule has 0 atom stereocenters. The molecule has 2 nitrogen and oxygen atoms in total. The largest absolute Gasteiger partial charge is 0.256 e. The van der Waals surface area contributed by atoms with Crippen LogP contribution in [-0.4, -0.2) is 9.97 Å². The van der Waals surface area contributed by atoms with Crippen molar-refractivity contribution in [1.82, 2.24) is 9.97 Å². The van der Waals surface area contributed by atoms with Gasteiger partial charge < -0.3 is 0 Å². The molecule has 0 bridgehead atoms. The highest BCUT2D eigenvalue weighted by Crippen LogP contribution is 2.19. The van der Waals surface area contributed by atoms with Gasteiger partial charge in [-0.1, -0.05) is 72.8 Å². The molecule has 2 heterocycles. The van der Waals surface area contributed by atoms with E-state index in [1.165, 1.54) is 11.1 Å². The molecule has 0 aliphatic heterocycles. The first-order valence-corrected chi connectivity index (χ1v) is 8.39. The third-order valence-corrected chi connectivity index (χ3v) is 4.20. The zero-order valence-electron chi connectivity index (χ0n) is 13.8. The van der Waals surface area contributed by atoms with Crippen LogP contribution in [0.2, 0.25) is 0 Å². The Hall–Kier alpha value is -3.26. The van der Waals surface area contributed by atoms with Crippen LogP contribution in [0.4, 0.5) is 0 Å². The highest BCUT2D eigenvalue weighted by Gasteiger charge is 2.02. The van der Waals surface area contributed by atoms with Gasteiger partial charge in [-0.3, -0.25) is 9.97 Å². The predicted molar refractivity (Wildman–Crippen MR) is 102 cm³/mol. The molecular formula is C23H18N2. The molecule has 2 aromatic carbocycles. The summed E-state index contributed by atoms with van der Waals surface area (Å²) in [4.78, 5) is 9.18. The average Bonchev–Trinajstić information content (AvgIpc) is 2.71. The minimum absolute atomic E-state index is 0.837. The van der Waals surface area contributed by atoms with E-state index in [-0.39, 0.29) is 0 Å². The third-order valence-electron chi connectivity index (χ3n) is 4.20. The molecule has 0 fully saturated rings. The van der Waals surface area contributed by atoms with Crippen LogP contribution in [0.5, 0.6) is 0 Å². The SMILES string of the molecule is c1ccc(-c2ccc(Cc3ccc(-c4ccccc4)nc3)cn2)cc1. The van der Waals surface area contributed by atoms with E-state index in [0.29, 0.717) is 0 Å². The van der Waals surface area contributed by atoms with E-state index >= 15 is 0 Å². The molecule has 0 N–H and O–H groups in total. The van der Waals surface area contributed by atoms with Crippen LogP contribution < -0.4 is 0 Å². The second kappa shape index (κ2) is 7.10. The Morgan fingerprint density at radius 3 is 1.28 bits per heavy atom. The summed E-state index contributed by atoms with van der Waals surface area (Å²) in [5.74, 6) is 0. The third kappa shape index (κ3) is 3.64. The maximum atomic E-state index is 4.59. The lowest BCUT2D eigenvalue weighted by atomic mass is 10.1. The van der Waals surface area contributed by atoms with E-state index in [1.807, 2.05) is 48.8 Å².